The summed E-state index contributed by atoms with van der Waals surface area (Å²) in [4.78, 5) is 19.7. The highest BCUT2D eigenvalue weighted by atomic mass is 35.5. The average molecular weight is 642 g/mol. The Morgan fingerprint density at radius 2 is 1.95 bits per heavy atom. The van der Waals surface area contributed by atoms with Gasteiger partial charge in [0, 0.05) is 42.7 Å². The molecule has 4 aromatic rings. The Hall–Kier alpha value is -2.85. The number of benzene rings is 2. The van der Waals surface area contributed by atoms with Crippen LogP contribution in [0.4, 0.5) is 5.13 Å². The molecule has 1 aliphatic heterocycles. The molecule has 0 amide bonds. The quantitative estimate of drug-likeness (QED) is 0.186. The number of hydrogen-bond donors (Lipinski definition) is 1. The molecular formula is C32H34Cl2N4O4S. The molecule has 11 heteroatoms. The van der Waals surface area contributed by atoms with Gasteiger partial charge in [-0.05, 0) is 75.6 Å². The standard InChI is InChI=1S/C32H34Cl2N4O4S/c1-16(2)41-25-11-19(31(39)40-3)12-26-29(25)36-32(43-26)38-14-18-9-10-24(21(18)15-38)35-13-20-28(37-42-30(20)17-7-8-17)27-22(33)5-4-6-23(27)34/h4-6,11-12,16-18,21,24,35H,7-10,13-15H2,1-3H3/t18-,21+,24+/m0/s1. The monoisotopic (exact) mass is 640 g/mol. The molecule has 0 radical (unpaired) electrons. The molecule has 0 spiro atoms. The molecule has 2 aromatic carbocycles. The minimum absolute atomic E-state index is 0.0421. The highest BCUT2D eigenvalue weighted by molar-refractivity contribution is 7.22. The van der Waals surface area contributed by atoms with Gasteiger partial charge < -0.3 is 24.2 Å². The summed E-state index contributed by atoms with van der Waals surface area (Å²) in [6.45, 7) is 6.49. The fourth-order valence-corrected chi connectivity index (χ4v) is 8.31. The summed E-state index contributed by atoms with van der Waals surface area (Å²) in [5, 5.41) is 10.5. The molecule has 3 atom stereocenters. The predicted molar refractivity (Wildman–Crippen MR) is 170 cm³/mol. The van der Waals surface area contributed by atoms with Gasteiger partial charge in [0.1, 0.15) is 22.7 Å². The first-order valence-corrected chi connectivity index (χ1v) is 16.5. The van der Waals surface area contributed by atoms with Crippen LogP contribution in [0.2, 0.25) is 10.0 Å². The first-order chi connectivity index (χ1) is 20.8. The number of nitrogens with one attached hydrogen (secondary N) is 1. The van der Waals surface area contributed by atoms with Crippen LogP contribution in [0.1, 0.15) is 67.1 Å². The zero-order valence-electron chi connectivity index (χ0n) is 24.4. The van der Waals surface area contributed by atoms with Crippen LogP contribution < -0.4 is 15.0 Å². The van der Waals surface area contributed by atoms with Crippen molar-refractivity contribution in [2.24, 2.45) is 11.8 Å². The summed E-state index contributed by atoms with van der Waals surface area (Å²) < 4.78 is 17.9. The van der Waals surface area contributed by atoms with Crippen LogP contribution >= 0.6 is 34.5 Å². The smallest absolute Gasteiger partial charge is 0.338 e. The molecule has 8 nitrogen and oxygen atoms in total. The number of nitrogens with zero attached hydrogens (tertiary/aromatic N) is 3. The molecule has 7 rings (SSSR count). The van der Waals surface area contributed by atoms with Crippen molar-refractivity contribution in [1.29, 1.82) is 0 Å². The summed E-state index contributed by atoms with van der Waals surface area (Å²) in [6, 6.07) is 9.50. The third-order valence-electron chi connectivity index (χ3n) is 8.87. The number of fused-ring (bicyclic) bond motifs is 2. The summed E-state index contributed by atoms with van der Waals surface area (Å²) in [5.74, 6) is 2.70. The van der Waals surface area contributed by atoms with Crippen LogP contribution in [-0.2, 0) is 11.3 Å². The summed E-state index contributed by atoms with van der Waals surface area (Å²) in [5.41, 5.74) is 3.81. The number of methoxy groups -OCH3 is 1. The minimum Gasteiger partial charge on any atom is -0.489 e. The molecule has 43 heavy (non-hydrogen) atoms. The van der Waals surface area contributed by atoms with Crippen LogP contribution in [0.3, 0.4) is 0 Å². The largest absolute Gasteiger partial charge is 0.489 e. The third kappa shape index (κ3) is 5.50. The van der Waals surface area contributed by atoms with E-state index >= 15 is 0 Å². The Morgan fingerprint density at radius 1 is 1.16 bits per heavy atom. The lowest BCUT2D eigenvalue weighted by molar-refractivity contribution is 0.0600. The van der Waals surface area contributed by atoms with E-state index in [2.05, 4.69) is 15.4 Å². The van der Waals surface area contributed by atoms with E-state index in [9.17, 15) is 4.79 Å². The molecule has 226 valence electrons. The van der Waals surface area contributed by atoms with Crippen molar-refractivity contribution in [2.75, 3.05) is 25.1 Å². The van der Waals surface area contributed by atoms with Gasteiger partial charge in [-0.25, -0.2) is 9.78 Å². The molecule has 0 bridgehead atoms. The highest BCUT2D eigenvalue weighted by Gasteiger charge is 2.44. The average Bonchev–Trinajstić information content (AvgIpc) is 3.28. The van der Waals surface area contributed by atoms with Crippen LogP contribution in [0.25, 0.3) is 21.5 Å². The zero-order chi connectivity index (χ0) is 29.8. The molecule has 3 aliphatic rings. The number of carbonyl (C=O) groups excluding carboxylic acids is 1. The second kappa shape index (κ2) is 11.6. The van der Waals surface area contributed by atoms with Crippen molar-refractivity contribution in [3.63, 3.8) is 0 Å². The van der Waals surface area contributed by atoms with Gasteiger partial charge in [-0.15, -0.1) is 0 Å². The third-order valence-corrected chi connectivity index (χ3v) is 10.6. The Morgan fingerprint density at radius 3 is 2.67 bits per heavy atom. The van der Waals surface area contributed by atoms with Crippen molar-refractivity contribution in [3.05, 3.63) is 57.3 Å². The Labute approximate surface area is 264 Å². The van der Waals surface area contributed by atoms with Gasteiger partial charge in [-0.2, -0.15) is 0 Å². The fourth-order valence-electron chi connectivity index (χ4n) is 6.69. The van der Waals surface area contributed by atoms with Crippen LogP contribution in [0.5, 0.6) is 5.75 Å². The molecule has 2 aliphatic carbocycles. The number of ether oxygens (including phenoxy) is 2. The van der Waals surface area contributed by atoms with E-state index in [1.165, 1.54) is 13.5 Å². The van der Waals surface area contributed by atoms with Crippen molar-refractivity contribution in [2.45, 2.75) is 64.1 Å². The van der Waals surface area contributed by atoms with Crippen molar-refractivity contribution >= 4 is 55.9 Å². The second-order valence-electron chi connectivity index (χ2n) is 12.1. The number of esters is 1. The lowest BCUT2D eigenvalue weighted by Crippen LogP contribution is -2.35. The van der Waals surface area contributed by atoms with Crippen LogP contribution in [-0.4, -0.2) is 48.5 Å². The van der Waals surface area contributed by atoms with Crippen molar-refractivity contribution < 1.29 is 18.8 Å². The van der Waals surface area contributed by atoms with Crippen molar-refractivity contribution in [3.8, 4) is 17.0 Å². The van der Waals surface area contributed by atoms with Gasteiger partial charge in [0.15, 0.2) is 5.13 Å². The number of halogens is 2. The number of anilines is 1. The molecule has 1 saturated heterocycles. The number of carbonyl (C=O) groups is 1. The van der Waals surface area contributed by atoms with Gasteiger partial charge in [-0.3, -0.25) is 0 Å². The van der Waals surface area contributed by atoms with Crippen molar-refractivity contribution in [1.82, 2.24) is 15.5 Å². The van der Waals surface area contributed by atoms with E-state index in [1.807, 2.05) is 38.1 Å². The minimum atomic E-state index is -0.382. The van der Waals surface area contributed by atoms with Crippen LogP contribution in [0, 0.1) is 11.8 Å². The zero-order valence-corrected chi connectivity index (χ0v) is 26.7. The van der Waals surface area contributed by atoms with Gasteiger partial charge in [0.25, 0.3) is 0 Å². The Bertz CT molecular complexity index is 1660. The number of thiazole rings is 1. The molecule has 0 unspecified atom stereocenters. The maximum Gasteiger partial charge on any atom is 0.338 e. The second-order valence-corrected chi connectivity index (χ2v) is 13.9. The number of rotatable bonds is 9. The van der Waals surface area contributed by atoms with Gasteiger partial charge in [-0.1, -0.05) is 45.8 Å². The summed E-state index contributed by atoms with van der Waals surface area (Å²) in [6.07, 6.45) is 4.49. The van der Waals surface area contributed by atoms with Crippen LogP contribution in [0.15, 0.2) is 34.9 Å². The van der Waals surface area contributed by atoms with E-state index in [1.54, 1.807) is 17.4 Å². The van der Waals surface area contributed by atoms with E-state index in [-0.39, 0.29) is 12.1 Å². The Balaban J connectivity index is 1.11. The number of hydrogen-bond acceptors (Lipinski definition) is 9. The van der Waals surface area contributed by atoms with Gasteiger partial charge in [0.05, 0.1) is 33.5 Å². The lowest BCUT2D eigenvalue weighted by Gasteiger charge is -2.22. The Kier molecular flexibility index (Phi) is 7.78. The van der Waals surface area contributed by atoms with E-state index < -0.39 is 0 Å². The summed E-state index contributed by atoms with van der Waals surface area (Å²) >= 11 is 14.8. The number of aromatic nitrogens is 2. The molecule has 3 heterocycles. The van der Waals surface area contributed by atoms with E-state index in [0.717, 1.165) is 70.3 Å². The summed E-state index contributed by atoms with van der Waals surface area (Å²) in [7, 11) is 1.39. The molecule has 1 N–H and O–H groups in total. The molecular weight excluding hydrogens is 607 g/mol. The van der Waals surface area contributed by atoms with Gasteiger partial charge in [0.2, 0.25) is 0 Å². The highest BCUT2D eigenvalue weighted by Crippen LogP contribution is 2.47. The molecule has 2 aromatic heterocycles. The maximum atomic E-state index is 12.3. The van der Waals surface area contributed by atoms with E-state index in [4.69, 9.17) is 42.2 Å². The first-order valence-electron chi connectivity index (χ1n) is 14.9. The maximum absolute atomic E-state index is 12.3. The first kappa shape index (κ1) is 28.9. The SMILES string of the molecule is COC(=O)c1cc(OC(C)C)c2nc(N3C[C@@H]4CC[C@@H](NCc5c(-c6c(Cl)cccc6Cl)noc5C5CC5)[C@@H]4C3)sc2c1. The fraction of sp³-hybridized carbons (Fsp3) is 0.469. The molecule has 2 saturated carbocycles. The predicted octanol–water partition coefficient (Wildman–Crippen LogP) is 7.71. The normalized spacial score (nSPS) is 21.6. The topological polar surface area (TPSA) is 89.7 Å². The van der Waals surface area contributed by atoms with Gasteiger partial charge >= 0.3 is 5.97 Å². The molecule has 3 fully saturated rings. The van der Waals surface area contributed by atoms with E-state index in [0.29, 0.717) is 51.7 Å². The lowest BCUT2D eigenvalue weighted by atomic mass is 9.97.